The van der Waals surface area contributed by atoms with Crippen molar-refractivity contribution >= 4 is 39.5 Å². The Bertz CT molecular complexity index is 1750. The van der Waals surface area contributed by atoms with E-state index >= 15 is 0 Å². The van der Waals surface area contributed by atoms with E-state index in [0.717, 1.165) is 102 Å². The normalized spacial score (nSPS) is 14.1. The van der Waals surface area contributed by atoms with Gasteiger partial charge in [0.15, 0.2) is 12.2 Å². The summed E-state index contributed by atoms with van der Waals surface area (Å²) in [5, 5.41) is 10.6. The quantitative estimate of drug-likeness (QED) is 0.0222. The van der Waals surface area contributed by atoms with Crippen LogP contribution < -0.4 is 0 Å². The van der Waals surface area contributed by atoms with Crippen LogP contribution in [-0.2, 0) is 65.4 Å². The predicted octanol–water partition coefficient (Wildman–Crippen LogP) is 20.4. The lowest BCUT2D eigenvalue weighted by Crippen LogP contribution is -2.30. The third-order valence-electron chi connectivity index (χ3n) is 16.5. The van der Waals surface area contributed by atoms with Crippen LogP contribution in [0.4, 0.5) is 0 Å². The summed E-state index contributed by atoms with van der Waals surface area (Å²) in [7, 11) is -9.89. The highest BCUT2D eigenvalue weighted by Crippen LogP contribution is 2.45. The third kappa shape index (κ3) is 64.8. The molecule has 0 heterocycles. The lowest BCUT2D eigenvalue weighted by Gasteiger charge is -2.21. The molecule has 0 aliphatic rings. The van der Waals surface area contributed by atoms with Gasteiger partial charge < -0.3 is 33.8 Å². The fraction of sp³-hybridized carbons (Fsp3) is 0.944. The van der Waals surface area contributed by atoms with Crippen LogP contribution in [-0.4, -0.2) is 96.7 Å². The molecule has 0 aromatic carbocycles. The number of esters is 4. The first-order valence-corrected chi connectivity index (χ1v) is 40.0. The lowest BCUT2D eigenvalue weighted by atomic mass is 10.0. The first kappa shape index (κ1) is 88.1. The van der Waals surface area contributed by atoms with Gasteiger partial charge in [-0.05, 0) is 37.5 Å². The largest absolute Gasteiger partial charge is 0.472 e. The Balaban J connectivity index is 5.14. The van der Waals surface area contributed by atoms with E-state index < -0.39 is 97.5 Å². The van der Waals surface area contributed by atoms with Crippen molar-refractivity contribution in [3.05, 3.63) is 0 Å². The van der Waals surface area contributed by atoms with E-state index in [1.165, 1.54) is 173 Å². The number of aliphatic hydroxyl groups excluding tert-OH is 1. The summed E-state index contributed by atoms with van der Waals surface area (Å²) < 4.78 is 68.1. The van der Waals surface area contributed by atoms with Crippen molar-refractivity contribution in [1.82, 2.24) is 0 Å². The summed E-state index contributed by atoms with van der Waals surface area (Å²) in [6.07, 6.45) is 49.2. The van der Waals surface area contributed by atoms with Crippen molar-refractivity contribution < 1.29 is 80.2 Å². The zero-order valence-electron chi connectivity index (χ0n) is 58.4. The molecule has 2 unspecified atom stereocenters. The summed E-state index contributed by atoms with van der Waals surface area (Å²) in [6, 6.07) is 0. The molecule has 5 atom stereocenters. The zero-order valence-corrected chi connectivity index (χ0v) is 60.2. The number of carbonyl (C=O) groups is 4. The molecule has 0 aromatic rings. The first-order valence-electron chi connectivity index (χ1n) is 37.0. The Hall–Kier alpha value is -1.94. The Morgan fingerprint density at radius 3 is 0.756 bits per heavy atom. The van der Waals surface area contributed by atoms with Gasteiger partial charge in [-0.15, -0.1) is 0 Å². The van der Waals surface area contributed by atoms with Crippen LogP contribution in [0, 0.1) is 11.8 Å². The molecule has 0 saturated heterocycles. The molecule has 0 aromatic heterocycles. The van der Waals surface area contributed by atoms with Crippen molar-refractivity contribution in [2.45, 2.75) is 381 Å². The van der Waals surface area contributed by atoms with Crippen molar-refractivity contribution in [3.63, 3.8) is 0 Å². The summed E-state index contributed by atoms with van der Waals surface area (Å²) >= 11 is 0. The molecule has 0 saturated carbocycles. The van der Waals surface area contributed by atoms with Gasteiger partial charge in [0.2, 0.25) is 0 Å². The average molecular weight is 1330 g/mol. The van der Waals surface area contributed by atoms with Gasteiger partial charge in [-0.3, -0.25) is 37.3 Å². The van der Waals surface area contributed by atoms with Gasteiger partial charge >= 0.3 is 39.5 Å². The minimum Gasteiger partial charge on any atom is -0.462 e. The molecule has 0 radical (unpaired) electrons. The van der Waals surface area contributed by atoms with E-state index in [1.54, 1.807) is 0 Å². The molecule has 0 rings (SSSR count). The molecule has 0 amide bonds. The van der Waals surface area contributed by atoms with Gasteiger partial charge in [0.1, 0.15) is 19.3 Å². The molecule has 90 heavy (non-hydrogen) atoms. The third-order valence-corrected chi connectivity index (χ3v) is 18.4. The molecular formula is C71H138O17P2. The number of ether oxygens (including phenoxy) is 4. The molecule has 534 valence electrons. The van der Waals surface area contributed by atoms with Crippen molar-refractivity contribution in [2.24, 2.45) is 11.8 Å². The van der Waals surface area contributed by atoms with Crippen LogP contribution in [0.2, 0.25) is 0 Å². The minimum absolute atomic E-state index is 0.103. The van der Waals surface area contributed by atoms with Gasteiger partial charge in [0.25, 0.3) is 0 Å². The summed E-state index contributed by atoms with van der Waals surface area (Å²) in [5.41, 5.74) is 0. The number of phosphoric acid groups is 2. The summed E-state index contributed by atoms with van der Waals surface area (Å²) in [4.78, 5) is 72.3. The van der Waals surface area contributed by atoms with Crippen molar-refractivity contribution in [3.8, 4) is 0 Å². The van der Waals surface area contributed by atoms with E-state index in [9.17, 15) is 43.2 Å². The Labute approximate surface area is 549 Å². The minimum atomic E-state index is -4.95. The Morgan fingerprint density at radius 1 is 0.300 bits per heavy atom. The van der Waals surface area contributed by atoms with E-state index in [-0.39, 0.29) is 25.7 Å². The number of carbonyl (C=O) groups excluding carboxylic acids is 4. The molecule has 3 N–H and O–H groups in total. The van der Waals surface area contributed by atoms with E-state index in [4.69, 9.17) is 37.0 Å². The second-order valence-corrected chi connectivity index (χ2v) is 29.5. The van der Waals surface area contributed by atoms with Gasteiger partial charge in [0.05, 0.1) is 26.4 Å². The van der Waals surface area contributed by atoms with E-state index in [2.05, 4.69) is 41.5 Å². The Morgan fingerprint density at radius 2 is 0.511 bits per heavy atom. The maximum atomic E-state index is 13.0. The fourth-order valence-electron chi connectivity index (χ4n) is 10.8. The number of hydrogen-bond donors (Lipinski definition) is 3. The lowest BCUT2D eigenvalue weighted by molar-refractivity contribution is -0.161. The molecular weight excluding hydrogens is 1190 g/mol. The van der Waals surface area contributed by atoms with Gasteiger partial charge in [-0.25, -0.2) is 9.13 Å². The van der Waals surface area contributed by atoms with E-state index in [1.807, 2.05) is 0 Å². The van der Waals surface area contributed by atoms with Gasteiger partial charge in [-0.2, -0.15) is 0 Å². The van der Waals surface area contributed by atoms with Crippen LogP contribution in [0.25, 0.3) is 0 Å². The smallest absolute Gasteiger partial charge is 0.462 e. The zero-order chi connectivity index (χ0) is 66.5. The first-order chi connectivity index (χ1) is 43.4. The SMILES string of the molecule is CCCCCCCCCCCCCCCCCCCCCC(=O)O[C@H](COC(=O)CCCCCCCCCCCCCCCC(C)C)COP(=O)(O)OC[C@@H](O)COP(=O)(O)OC[C@@H](COC(=O)CCCCCCC)OC(=O)CCCCCCCCCC(C)C. The van der Waals surface area contributed by atoms with Crippen LogP contribution in [0.3, 0.4) is 0 Å². The van der Waals surface area contributed by atoms with E-state index in [0.29, 0.717) is 31.6 Å². The van der Waals surface area contributed by atoms with Crippen LogP contribution >= 0.6 is 15.6 Å². The van der Waals surface area contributed by atoms with Crippen LogP contribution in [0.5, 0.6) is 0 Å². The highest BCUT2D eigenvalue weighted by Gasteiger charge is 2.30. The second kappa shape index (κ2) is 63.1. The number of unbranched alkanes of at least 4 members (excludes halogenated alkanes) is 40. The van der Waals surface area contributed by atoms with Gasteiger partial charge in [0, 0.05) is 25.7 Å². The van der Waals surface area contributed by atoms with Gasteiger partial charge in [-0.1, -0.05) is 311 Å². The monoisotopic (exact) mass is 1320 g/mol. The number of rotatable bonds is 70. The van der Waals surface area contributed by atoms with Crippen LogP contribution in [0.1, 0.15) is 363 Å². The molecule has 17 nitrogen and oxygen atoms in total. The fourth-order valence-corrected chi connectivity index (χ4v) is 12.3. The summed E-state index contributed by atoms with van der Waals surface area (Å²) in [6.45, 7) is 9.42. The molecule has 0 aliphatic carbocycles. The van der Waals surface area contributed by atoms with Crippen molar-refractivity contribution in [2.75, 3.05) is 39.6 Å². The highest BCUT2D eigenvalue weighted by atomic mass is 31.2. The standard InChI is InChI=1S/C71H138O17P2/c1-7-9-11-13-14-15-16-17-18-19-20-21-22-25-29-32-37-43-49-55-70(75)88-67(60-82-69(74)54-48-42-36-31-28-26-23-24-27-30-34-40-45-51-63(3)4)62-86-90(79,80)84-58-65(72)57-83-89(77,78)85-61-66(59-81-68(73)53-47-39-12-10-8-2)87-71(76)56-50-44-38-33-35-41-46-52-64(5)6/h63-67,72H,7-62H2,1-6H3,(H,77,78)(H,79,80)/t65-,66+,67+/m0/s1. The maximum Gasteiger partial charge on any atom is 0.472 e. The number of hydrogen-bond acceptors (Lipinski definition) is 15. The molecule has 19 heteroatoms. The highest BCUT2D eigenvalue weighted by molar-refractivity contribution is 7.47. The maximum absolute atomic E-state index is 13.0. The van der Waals surface area contributed by atoms with Crippen molar-refractivity contribution in [1.29, 1.82) is 0 Å². The molecule has 0 spiro atoms. The summed E-state index contributed by atoms with van der Waals surface area (Å²) in [5.74, 6) is -0.649. The average Bonchev–Trinajstić information content (AvgIpc) is 3.61. The topological polar surface area (TPSA) is 237 Å². The Kier molecular flexibility index (Phi) is 61.8. The second-order valence-electron chi connectivity index (χ2n) is 26.6. The number of phosphoric ester groups is 2. The number of aliphatic hydroxyl groups is 1. The van der Waals surface area contributed by atoms with Crippen LogP contribution in [0.15, 0.2) is 0 Å². The molecule has 0 aliphatic heterocycles. The molecule has 0 fully saturated rings. The molecule has 0 bridgehead atoms. The predicted molar refractivity (Wildman–Crippen MR) is 363 cm³/mol.